The van der Waals surface area contributed by atoms with E-state index in [-0.39, 0.29) is 0 Å². The van der Waals surface area contributed by atoms with Crippen LogP contribution in [0.2, 0.25) is 0 Å². The van der Waals surface area contributed by atoms with Crippen molar-refractivity contribution in [1.29, 1.82) is 0 Å². The third-order valence-corrected chi connectivity index (χ3v) is 3.66. The normalized spacial score (nSPS) is 12.0. The lowest BCUT2D eigenvalue weighted by molar-refractivity contribution is -0.138. The van der Waals surface area contributed by atoms with Crippen LogP contribution in [0.5, 0.6) is 0 Å². The number of benzene rings is 2. The highest BCUT2D eigenvalue weighted by atomic mass is 16.4. The van der Waals surface area contributed by atoms with Gasteiger partial charge in [-0.3, -0.25) is 4.79 Å². The molecule has 23 heavy (non-hydrogen) atoms. The number of pyridine rings is 1. The van der Waals surface area contributed by atoms with Gasteiger partial charge in [-0.25, -0.2) is 4.98 Å². The first kappa shape index (κ1) is 15.0. The number of hydrogen-bond donors (Lipinski definition) is 3. The molecule has 0 radical (unpaired) electrons. The number of fused-ring (bicyclic) bond motifs is 1. The number of carboxylic acids is 1. The highest BCUT2D eigenvalue weighted by Gasteiger charge is 2.11. The second kappa shape index (κ2) is 6.46. The predicted octanol–water partition coefficient (Wildman–Crippen LogP) is 2.93. The SMILES string of the molecule is NC(Cc1ccc(Nc2nccc3ccccc23)cc1)C(=O)O. The van der Waals surface area contributed by atoms with Gasteiger partial charge in [-0.1, -0.05) is 36.4 Å². The summed E-state index contributed by atoms with van der Waals surface area (Å²) >= 11 is 0. The molecule has 0 saturated heterocycles. The Morgan fingerprint density at radius 2 is 1.87 bits per heavy atom. The molecule has 0 saturated carbocycles. The Bertz CT molecular complexity index is 826. The fraction of sp³-hybridized carbons (Fsp3) is 0.111. The van der Waals surface area contributed by atoms with E-state index in [9.17, 15) is 4.79 Å². The van der Waals surface area contributed by atoms with E-state index in [4.69, 9.17) is 10.8 Å². The van der Waals surface area contributed by atoms with Crippen LogP contribution >= 0.6 is 0 Å². The molecule has 3 rings (SSSR count). The van der Waals surface area contributed by atoms with Crippen LogP contribution in [0.1, 0.15) is 5.56 Å². The van der Waals surface area contributed by atoms with Gasteiger partial charge < -0.3 is 16.2 Å². The molecule has 1 aromatic heterocycles. The van der Waals surface area contributed by atoms with Crippen molar-refractivity contribution in [2.45, 2.75) is 12.5 Å². The molecular weight excluding hydrogens is 290 g/mol. The maximum atomic E-state index is 10.8. The van der Waals surface area contributed by atoms with E-state index in [0.29, 0.717) is 6.42 Å². The molecule has 0 bridgehead atoms. The quantitative estimate of drug-likeness (QED) is 0.674. The Kier molecular flexibility index (Phi) is 4.21. The second-order valence-electron chi connectivity index (χ2n) is 5.35. The van der Waals surface area contributed by atoms with Crippen molar-refractivity contribution in [3.8, 4) is 0 Å². The van der Waals surface area contributed by atoms with Gasteiger partial charge in [-0.05, 0) is 35.6 Å². The summed E-state index contributed by atoms with van der Waals surface area (Å²) in [5, 5.41) is 14.3. The average molecular weight is 307 g/mol. The number of carboxylic acid groups (broad SMARTS) is 1. The van der Waals surface area contributed by atoms with E-state index < -0.39 is 12.0 Å². The van der Waals surface area contributed by atoms with Gasteiger partial charge in [0.1, 0.15) is 11.9 Å². The number of hydrogen-bond acceptors (Lipinski definition) is 4. The largest absolute Gasteiger partial charge is 0.480 e. The van der Waals surface area contributed by atoms with Crippen LogP contribution in [0.3, 0.4) is 0 Å². The Morgan fingerprint density at radius 3 is 2.61 bits per heavy atom. The third-order valence-electron chi connectivity index (χ3n) is 3.66. The van der Waals surface area contributed by atoms with Crippen molar-refractivity contribution in [2.75, 3.05) is 5.32 Å². The standard InChI is InChI=1S/C18H17N3O2/c19-16(18(22)23)11-12-5-7-14(8-6-12)21-17-15-4-2-1-3-13(15)9-10-20-17/h1-10,16H,11,19H2,(H,20,21)(H,22,23). The van der Waals surface area contributed by atoms with Crippen LogP contribution < -0.4 is 11.1 Å². The van der Waals surface area contributed by atoms with Gasteiger partial charge in [0.25, 0.3) is 0 Å². The molecule has 116 valence electrons. The first-order valence-corrected chi connectivity index (χ1v) is 7.31. The highest BCUT2D eigenvalue weighted by molar-refractivity contribution is 5.93. The van der Waals surface area contributed by atoms with Crippen molar-refractivity contribution in [3.63, 3.8) is 0 Å². The lowest BCUT2D eigenvalue weighted by Gasteiger charge is -2.10. The molecule has 1 atom stereocenters. The summed E-state index contributed by atoms with van der Waals surface area (Å²) in [6.45, 7) is 0. The average Bonchev–Trinajstić information content (AvgIpc) is 2.57. The molecule has 0 amide bonds. The fourth-order valence-electron chi connectivity index (χ4n) is 2.42. The highest BCUT2D eigenvalue weighted by Crippen LogP contribution is 2.24. The number of rotatable bonds is 5. The summed E-state index contributed by atoms with van der Waals surface area (Å²) in [7, 11) is 0. The van der Waals surface area contributed by atoms with Crippen molar-refractivity contribution >= 4 is 28.2 Å². The molecule has 0 aliphatic carbocycles. The summed E-state index contributed by atoms with van der Waals surface area (Å²) in [4.78, 5) is 15.2. The van der Waals surface area contributed by atoms with Gasteiger partial charge in [0.2, 0.25) is 0 Å². The summed E-state index contributed by atoms with van der Waals surface area (Å²) < 4.78 is 0. The van der Waals surface area contributed by atoms with Crippen molar-refractivity contribution < 1.29 is 9.90 Å². The molecule has 4 N–H and O–H groups in total. The number of aromatic nitrogens is 1. The Hall–Kier alpha value is -2.92. The molecule has 0 spiro atoms. The van der Waals surface area contributed by atoms with Gasteiger partial charge in [0.05, 0.1) is 0 Å². The smallest absolute Gasteiger partial charge is 0.320 e. The van der Waals surface area contributed by atoms with Gasteiger partial charge in [0, 0.05) is 17.3 Å². The van der Waals surface area contributed by atoms with Crippen molar-refractivity contribution in [2.24, 2.45) is 5.73 Å². The Morgan fingerprint density at radius 1 is 1.13 bits per heavy atom. The van der Waals surface area contributed by atoms with Gasteiger partial charge in [-0.15, -0.1) is 0 Å². The number of nitrogens with two attached hydrogens (primary N) is 1. The molecule has 3 aromatic rings. The minimum Gasteiger partial charge on any atom is -0.480 e. The van der Waals surface area contributed by atoms with Crippen molar-refractivity contribution in [3.05, 3.63) is 66.4 Å². The molecule has 5 nitrogen and oxygen atoms in total. The number of nitrogens with zero attached hydrogens (tertiary/aromatic N) is 1. The van der Waals surface area contributed by atoms with E-state index in [1.165, 1.54) is 0 Å². The monoisotopic (exact) mass is 307 g/mol. The van der Waals surface area contributed by atoms with Gasteiger partial charge in [-0.2, -0.15) is 0 Å². The van der Waals surface area contributed by atoms with Gasteiger partial charge in [0.15, 0.2) is 0 Å². The lowest BCUT2D eigenvalue weighted by Crippen LogP contribution is -2.32. The first-order valence-electron chi connectivity index (χ1n) is 7.31. The second-order valence-corrected chi connectivity index (χ2v) is 5.35. The number of aliphatic carboxylic acids is 1. The summed E-state index contributed by atoms with van der Waals surface area (Å²) in [5.41, 5.74) is 7.32. The van der Waals surface area contributed by atoms with Crippen LogP contribution in [0.4, 0.5) is 11.5 Å². The molecule has 0 fully saturated rings. The van der Waals surface area contributed by atoms with E-state index in [1.54, 1.807) is 6.20 Å². The van der Waals surface area contributed by atoms with Crippen molar-refractivity contribution in [1.82, 2.24) is 4.98 Å². The molecule has 2 aromatic carbocycles. The molecular formula is C18H17N3O2. The zero-order chi connectivity index (χ0) is 16.2. The van der Waals surface area contributed by atoms with Crippen LogP contribution in [0, 0.1) is 0 Å². The summed E-state index contributed by atoms with van der Waals surface area (Å²) in [6, 6.07) is 16.7. The van der Waals surface area contributed by atoms with Crippen LogP contribution in [-0.2, 0) is 11.2 Å². The first-order chi connectivity index (χ1) is 11.1. The zero-order valence-corrected chi connectivity index (χ0v) is 12.4. The molecule has 0 aliphatic rings. The number of anilines is 2. The maximum absolute atomic E-state index is 10.8. The topological polar surface area (TPSA) is 88.2 Å². The lowest BCUT2D eigenvalue weighted by atomic mass is 10.1. The van der Waals surface area contributed by atoms with Gasteiger partial charge >= 0.3 is 5.97 Å². The van der Waals surface area contributed by atoms with Crippen LogP contribution in [0.15, 0.2) is 60.8 Å². The van der Waals surface area contributed by atoms with Crippen LogP contribution in [-0.4, -0.2) is 22.1 Å². The number of nitrogens with one attached hydrogen (secondary N) is 1. The molecule has 0 aliphatic heterocycles. The van der Waals surface area contributed by atoms with Crippen LogP contribution in [0.25, 0.3) is 10.8 Å². The summed E-state index contributed by atoms with van der Waals surface area (Å²) in [5.74, 6) is -0.203. The Labute approximate surface area is 133 Å². The third kappa shape index (κ3) is 3.46. The summed E-state index contributed by atoms with van der Waals surface area (Å²) in [6.07, 6.45) is 2.08. The fourth-order valence-corrected chi connectivity index (χ4v) is 2.42. The maximum Gasteiger partial charge on any atom is 0.320 e. The minimum atomic E-state index is -0.993. The predicted molar refractivity (Wildman–Crippen MR) is 90.8 cm³/mol. The Balaban J connectivity index is 1.79. The molecule has 1 heterocycles. The molecule has 5 heteroatoms. The molecule has 1 unspecified atom stereocenters. The van der Waals surface area contributed by atoms with E-state index >= 15 is 0 Å². The van der Waals surface area contributed by atoms with E-state index in [1.807, 2.05) is 54.6 Å². The van der Waals surface area contributed by atoms with E-state index in [0.717, 1.165) is 27.8 Å². The van der Waals surface area contributed by atoms with E-state index in [2.05, 4.69) is 10.3 Å². The zero-order valence-electron chi connectivity index (χ0n) is 12.4. The number of carbonyl (C=O) groups is 1. The minimum absolute atomic E-state index is 0.308.